The van der Waals surface area contributed by atoms with Crippen LogP contribution in [0.1, 0.15) is 12.8 Å². The number of benzene rings is 1. The lowest BCUT2D eigenvalue weighted by molar-refractivity contribution is -0.130. The Balaban J connectivity index is 1.22. The quantitative estimate of drug-likeness (QED) is 0.635. The third-order valence-corrected chi connectivity index (χ3v) is 6.97. The molecule has 5 nitrogen and oxygen atoms in total. The smallest absolute Gasteiger partial charge is 0.232 e. The maximum absolute atomic E-state index is 13.4. The molecule has 0 saturated carbocycles. The number of carbonyl (C=O) groups is 1. The van der Waals surface area contributed by atoms with E-state index in [-0.39, 0.29) is 11.7 Å². The van der Waals surface area contributed by atoms with Crippen LogP contribution in [0.5, 0.6) is 0 Å². The van der Waals surface area contributed by atoms with Gasteiger partial charge in [-0.15, -0.1) is 11.8 Å². The summed E-state index contributed by atoms with van der Waals surface area (Å²) < 4.78 is 26.4. The van der Waals surface area contributed by atoms with Crippen molar-refractivity contribution in [2.24, 2.45) is 5.92 Å². The Hall–Kier alpha value is -2.19. The summed E-state index contributed by atoms with van der Waals surface area (Å²) in [6.45, 7) is 6.52. The SMILES string of the molecule is O=C(CSc1ccc(F)c(F)c1)N1CCC[C@H](CN2CCN(c3ccccn3)CC2)C1. The van der Waals surface area contributed by atoms with E-state index >= 15 is 0 Å². The van der Waals surface area contributed by atoms with Crippen molar-refractivity contribution >= 4 is 23.5 Å². The number of thioether (sulfide) groups is 1. The third kappa shape index (κ3) is 5.95. The lowest BCUT2D eigenvalue weighted by Crippen LogP contribution is -2.50. The minimum absolute atomic E-state index is 0.0689. The van der Waals surface area contributed by atoms with Crippen molar-refractivity contribution in [1.82, 2.24) is 14.8 Å². The molecule has 3 heterocycles. The molecule has 0 spiro atoms. The van der Waals surface area contributed by atoms with Gasteiger partial charge >= 0.3 is 0 Å². The topological polar surface area (TPSA) is 39.7 Å². The van der Waals surface area contributed by atoms with Crippen LogP contribution in [0, 0.1) is 17.6 Å². The number of pyridine rings is 1. The van der Waals surface area contributed by atoms with Gasteiger partial charge in [0, 0.05) is 56.9 Å². The predicted molar refractivity (Wildman–Crippen MR) is 119 cm³/mol. The van der Waals surface area contributed by atoms with Gasteiger partial charge in [-0.05, 0) is 49.1 Å². The monoisotopic (exact) mass is 446 g/mol. The standard InChI is InChI=1S/C23H28F2N4OS/c24-20-7-6-19(14-21(20)25)31-17-23(30)29-9-3-4-18(16-29)15-27-10-12-28(13-11-27)22-5-1-2-8-26-22/h1-2,5-8,14,18H,3-4,9-13,15-17H2/t18-/m1/s1. The molecule has 2 aliphatic rings. The van der Waals surface area contributed by atoms with Crippen molar-refractivity contribution in [3.8, 4) is 0 Å². The lowest BCUT2D eigenvalue weighted by Gasteiger charge is -2.39. The van der Waals surface area contributed by atoms with Gasteiger partial charge in [0.15, 0.2) is 11.6 Å². The van der Waals surface area contributed by atoms with Gasteiger partial charge in [-0.1, -0.05) is 6.07 Å². The molecule has 31 heavy (non-hydrogen) atoms. The number of rotatable bonds is 6. The lowest BCUT2D eigenvalue weighted by atomic mass is 9.97. The van der Waals surface area contributed by atoms with Crippen molar-refractivity contribution in [3.05, 3.63) is 54.2 Å². The molecule has 0 N–H and O–H groups in total. The Kier molecular flexibility index (Phi) is 7.40. The normalized spacial score (nSPS) is 20.1. The Bertz CT molecular complexity index is 877. The number of amides is 1. The van der Waals surface area contributed by atoms with E-state index < -0.39 is 11.6 Å². The molecule has 4 rings (SSSR count). The van der Waals surface area contributed by atoms with Gasteiger partial charge in [-0.25, -0.2) is 13.8 Å². The zero-order valence-corrected chi connectivity index (χ0v) is 18.4. The van der Waals surface area contributed by atoms with Crippen LogP contribution < -0.4 is 4.90 Å². The summed E-state index contributed by atoms with van der Waals surface area (Å²) in [5.74, 6) is 0.0940. The van der Waals surface area contributed by atoms with Gasteiger partial charge in [0.2, 0.25) is 5.91 Å². The van der Waals surface area contributed by atoms with Gasteiger partial charge in [-0.3, -0.25) is 9.69 Å². The Morgan fingerprint density at radius 3 is 2.65 bits per heavy atom. The molecule has 2 aliphatic heterocycles. The molecule has 0 bridgehead atoms. The fourth-order valence-corrected chi connectivity index (χ4v) is 5.13. The number of carbonyl (C=O) groups excluding carboxylic acids is 1. The molecule has 1 aromatic carbocycles. The van der Waals surface area contributed by atoms with Crippen LogP contribution in [0.15, 0.2) is 47.5 Å². The van der Waals surface area contributed by atoms with Crippen LogP contribution in [-0.4, -0.2) is 72.3 Å². The van der Waals surface area contributed by atoms with Crippen molar-refractivity contribution in [3.63, 3.8) is 0 Å². The second-order valence-corrected chi connectivity index (χ2v) is 9.24. The number of likely N-dealkylation sites (tertiary alicyclic amines) is 1. The summed E-state index contributed by atoms with van der Waals surface area (Å²) in [5.41, 5.74) is 0. The average molecular weight is 447 g/mol. The van der Waals surface area contributed by atoms with E-state index in [4.69, 9.17) is 0 Å². The molecule has 1 aromatic heterocycles. The van der Waals surface area contributed by atoms with E-state index in [1.807, 2.05) is 23.2 Å². The Labute approximate surface area is 186 Å². The van der Waals surface area contributed by atoms with E-state index in [0.29, 0.717) is 10.8 Å². The molecule has 1 amide bonds. The number of piperidine rings is 1. The van der Waals surface area contributed by atoms with Crippen LogP contribution >= 0.6 is 11.8 Å². The highest BCUT2D eigenvalue weighted by molar-refractivity contribution is 8.00. The molecule has 2 saturated heterocycles. The van der Waals surface area contributed by atoms with Gasteiger partial charge in [0.1, 0.15) is 5.82 Å². The predicted octanol–water partition coefficient (Wildman–Crippen LogP) is 3.51. The zero-order valence-electron chi connectivity index (χ0n) is 17.6. The highest BCUT2D eigenvalue weighted by Crippen LogP contribution is 2.23. The van der Waals surface area contributed by atoms with Crippen molar-refractivity contribution in [2.45, 2.75) is 17.7 Å². The molecule has 0 radical (unpaired) electrons. The first kappa shape index (κ1) is 22.0. The van der Waals surface area contributed by atoms with Gasteiger partial charge in [-0.2, -0.15) is 0 Å². The summed E-state index contributed by atoms with van der Waals surface area (Å²) in [6, 6.07) is 9.78. The minimum Gasteiger partial charge on any atom is -0.354 e. The van der Waals surface area contributed by atoms with Crippen molar-refractivity contribution < 1.29 is 13.6 Å². The third-order valence-electron chi connectivity index (χ3n) is 5.99. The molecule has 1 atom stereocenters. The van der Waals surface area contributed by atoms with Crippen LogP contribution in [0.4, 0.5) is 14.6 Å². The number of aromatic nitrogens is 1. The summed E-state index contributed by atoms with van der Waals surface area (Å²) in [5, 5.41) is 0. The van der Waals surface area contributed by atoms with Gasteiger partial charge in [0.25, 0.3) is 0 Å². The first-order chi connectivity index (χ1) is 15.1. The molecule has 0 aliphatic carbocycles. The van der Waals surface area contributed by atoms with E-state index in [2.05, 4.69) is 20.9 Å². The summed E-state index contributed by atoms with van der Waals surface area (Å²) in [6.07, 6.45) is 3.99. The van der Waals surface area contributed by atoms with Crippen molar-refractivity contribution in [1.29, 1.82) is 0 Å². The maximum atomic E-state index is 13.4. The van der Waals surface area contributed by atoms with Crippen LogP contribution in [0.3, 0.4) is 0 Å². The Morgan fingerprint density at radius 2 is 1.90 bits per heavy atom. The first-order valence-corrected chi connectivity index (χ1v) is 11.8. The number of anilines is 1. The van der Waals surface area contributed by atoms with E-state index in [1.165, 1.54) is 17.8 Å². The largest absolute Gasteiger partial charge is 0.354 e. The van der Waals surface area contributed by atoms with Gasteiger partial charge in [0.05, 0.1) is 5.75 Å². The van der Waals surface area contributed by atoms with E-state index in [0.717, 1.165) is 76.6 Å². The van der Waals surface area contributed by atoms with E-state index in [9.17, 15) is 13.6 Å². The summed E-state index contributed by atoms with van der Waals surface area (Å²) in [7, 11) is 0. The van der Waals surface area contributed by atoms with Crippen LogP contribution in [0.25, 0.3) is 0 Å². The fraction of sp³-hybridized carbons (Fsp3) is 0.478. The maximum Gasteiger partial charge on any atom is 0.232 e. The van der Waals surface area contributed by atoms with Crippen molar-refractivity contribution in [2.75, 3.05) is 56.5 Å². The average Bonchev–Trinajstić information content (AvgIpc) is 2.81. The fourth-order valence-electron chi connectivity index (χ4n) is 4.31. The Morgan fingerprint density at radius 1 is 1.06 bits per heavy atom. The molecular weight excluding hydrogens is 418 g/mol. The summed E-state index contributed by atoms with van der Waals surface area (Å²) in [4.78, 5) is 24.4. The minimum atomic E-state index is -0.876. The van der Waals surface area contributed by atoms with Crippen LogP contribution in [0.2, 0.25) is 0 Å². The first-order valence-electron chi connectivity index (χ1n) is 10.8. The highest BCUT2D eigenvalue weighted by Gasteiger charge is 2.27. The summed E-state index contributed by atoms with van der Waals surface area (Å²) >= 11 is 1.26. The number of hydrogen-bond donors (Lipinski definition) is 0. The van der Waals surface area contributed by atoms with Crippen LogP contribution in [-0.2, 0) is 4.79 Å². The second kappa shape index (κ2) is 10.4. The van der Waals surface area contributed by atoms with Gasteiger partial charge < -0.3 is 9.80 Å². The number of piperazine rings is 1. The number of nitrogens with zero attached hydrogens (tertiary/aromatic N) is 4. The molecule has 0 unspecified atom stereocenters. The second-order valence-electron chi connectivity index (χ2n) is 8.19. The van der Waals surface area contributed by atoms with E-state index in [1.54, 1.807) is 0 Å². The zero-order chi connectivity index (χ0) is 21.6. The molecule has 2 fully saturated rings. The molecule has 8 heteroatoms. The molecular formula is C23H28F2N4OS. The molecule has 166 valence electrons. The highest BCUT2D eigenvalue weighted by atomic mass is 32.2. The number of hydrogen-bond acceptors (Lipinski definition) is 5. The number of halogens is 2. The molecule has 2 aromatic rings.